The Kier molecular flexibility index (Phi) is 3.05. The highest BCUT2D eigenvalue weighted by Crippen LogP contribution is 2.15. The first kappa shape index (κ1) is 10.2. The Balaban J connectivity index is 2.25. The molecule has 0 aliphatic heterocycles. The number of nitrogens with two attached hydrogens (primary N) is 1. The predicted octanol–water partition coefficient (Wildman–Crippen LogP) is 1.28. The van der Waals surface area contributed by atoms with E-state index < -0.39 is 0 Å². The zero-order valence-corrected chi connectivity index (χ0v) is 9.14. The van der Waals surface area contributed by atoms with Crippen molar-refractivity contribution in [3.63, 3.8) is 0 Å². The molecule has 0 aliphatic rings. The van der Waals surface area contributed by atoms with Gasteiger partial charge in [0.05, 0.1) is 0 Å². The maximum absolute atomic E-state index is 4.88. The summed E-state index contributed by atoms with van der Waals surface area (Å²) in [5.74, 6) is 5.61. The van der Waals surface area contributed by atoms with Gasteiger partial charge in [0.15, 0.2) is 0 Å². The molecule has 2 heterocycles. The van der Waals surface area contributed by atoms with Crippen molar-refractivity contribution in [1.29, 1.82) is 0 Å². The molecular formula is C8H7BrN4O2. The van der Waals surface area contributed by atoms with Gasteiger partial charge in [-0.2, -0.15) is 4.98 Å². The highest BCUT2D eigenvalue weighted by atomic mass is 79.9. The van der Waals surface area contributed by atoms with Gasteiger partial charge in [-0.25, -0.2) is 5.90 Å². The van der Waals surface area contributed by atoms with E-state index in [2.05, 4.69) is 35.9 Å². The topological polar surface area (TPSA) is 87.1 Å². The van der Waals surface area contributed by atoms with Crippen LogP contribution in [0, 0.1) is 0 Å². The first-order valence-electron chi connectivity index (χ1n) is 4.06. The van der Waals surface area contributed by atoms with Crippen molar-refractivity contribution in [1.82, 2.24) is 15.1 Å². The van der Waals surface area contributed by atoms with Gasteiger partial charge >= 0.3 is 0 Å². The number of rotatable bonds is 3. The van der Waals surface area contributed by atoms with Crippen LogP contribution in [0.3, 0.4) is 0 Å². The molecule has 2 aromatic rings. The van der Waals surface area contributed by atoms with Crippen LogP contribution in [0.5, 0.6) is 0 Å². The lowest BCUT2D eigenvalue weighted by Gasteiger charge is -1.92. The van der Waals surface area contributed by atoms with E-state index in [1.54, 1.807) is 12.3 Å². The molecule has 0 aliphatic carbocycles. The van der Waals surface area contributed by atoms with Crippen molar-refractivity contribution in [2.75, 3.05) is 0 Å². The minimum absolute atomic E-state index is 0.0868. The van der Waals surface area contributed by atoms with Gasteiger partial charge in [-0.15, -0.1) is 0 Å². The molecule has 2 rings (SSSR count). The number of halogens is 1. The quantitative estimate of drug-likeness (QED) is 0.846. The molecule has 0 bridgehead atoms. The molecule has 0 saturated heterocycles. The number of aromatic nitrogens is 3. The monoisotopic (exact) mass is 270 g/mol. The van der Waals surface area contributed by atoms with Gasteiger partial charge in [0.2, 0.25) is 5.82 Å². The standard InChI is InChI=1S/C8H7BrN4O2/c9-5-1-2-6(11-3-5)8-12-7(4-14-10)15-13-8/h1-3H,4,10H2. The summed E-state index contributed by atoms with van der Waals surface area (Å²) >= 11 is 3.28. The zero-order valence-electron chi connectivity index (χ0n) is 7.55. The normalized spacial score (nSPS) is 10.5. The SMILES string of the molecule is NOCc1nc(-c2ccc(Br)cn2)no1. The molecule has 0 atom stereocenters. The molecule has 6 nitrogen and oxygen atoms in total. The summed E-state index contributed by atoms with van der Waals surface area (Å²) in [6.07, 6.45) is 1.66. The summed E-state index contributed by atoms with van der Waals surface area (Å²) in [6, 6.07) is 3.62. The van der Waals surface area contributed by atoms with Crippen molar-refractivity contribution in [3.8, 4) is 11.5 Å². The fourth-order valence-corrected chi connectivity index (χ4v) is 1.23. The molecule has 15 heavy (non-hydrogen) atoms. The molecule has 0 unspecified atom stereocenters. The molecule has 78 valence electrons. The third-order valence-corrected chi connectivity index (χ3v) is 2.10. The maximum atomic E-state index is 4.88. The summed E-state index contributed by atoms with van der Waals surface area (Å²) in [5.41, 5.74) is 0.630. The van der Waals surface area contributed by atoms with Crippen molar-refractivity contribution in [2.45, 2.75) is 6.61 Å². The Morgan fingerprint density at radius 3 is 3.00 bits per heavy atom. The fraction of sp³-hybridized carbons (Fsp3) is 0.125. The minimum atomic E-state index is 0.0868. The highest BCUT2D eigenvalue weighted by molar-refractivity contribution is 9.10. The lowest BCUT2D eigenvalue weighted by molar-refractivity contribution is 0.0996. The van der Waals surface area contributed by atoms with Crippen LogP contribution in [-0.4, -0.2) is 15.1 Å². The molecule has 0 spiro atoms. The summed E-state index contributed by atoms with van der Waals surface area (Å²) in [5, 5.41) is 3.74. The van der Waals surface area contributed by atoms with E-state index in [1.165, 1.54) is 0 Å². The van der Waals surface area contributed by atoms with Crippen LogP contribution in [0.1, 0.15) is 5.89 Å². The summed E-state index contributed by atoms with van der Waals surface area (Å²) in [4.78, 5) is 12.5. The van der Waals surface area contributed by atoms with Crippen LogP contribution in [0.4, 0.5) is 0 Å². The molecular weight excluding hydrogens is 264 g/mol. The third-order valence-electron chi connectivity index (χ3n) is 1.63. The first-order valence-corrected chi connectivity index (χ1v) is 4.85. The molecule has 0 saturated carbocycles. The van der Waals surface area contributed by atoms with Crippen LogP contribution in [0.25, 0.3) is 11.5 Å². The Morgan fingerprint density at radius 2 is 2.33 bits per heavy atom. The van der Waals surface area contributed by atoms with Gasteiger partial charge in [-0.1, -0.05) is 5.16 Å². The van der Waals surface area contributed by atoms with E-state index in [4.69, 9.17) is 10.4 Å². The first-order chi connectivity index (χ1) is 7.29. The van der Waals surface area contributed by atoms with E-state index in [9.17, 15) is 0 Å². The summed E-state index contributed by atoms with van der Waals surface area (Å²) in [7, 11) is 0. The van der Waals surface area contributed by atoms with E-state index in [0.29, 0.717) is 17.4 Å². The predicted molar refractivity (Wildman–Crippen MR) is 54.2 cm³/mol. The Bertz CT molecular complexity index is 442. The van der Waals surface area contributed by atoms with Crippen molar-refractivity contribution in [3.05, 3.63) is 28.7 Å². The van der Waals surface area contributed by atoms with Crippen molar-refractivity contribution >= 4 is 15.9 Å². The summed E-state index contributed by atoms with van der Waals surface area (Å²) in [6.45, 7) is 0.0868. The smallest absolute Gasteiger partial charge is 0.255 e. The Hall–Kier alpha value is -1.31. The fourth-order valence-electron chi connectivity index (χ4n) is 0.997. The van der Waals surface area contributed by atoms with Crippen LogP contribution in [-0.2, 0) is 11.4 Å². The maximum Gasteiger partial charge on any atom is 0.255 e. The number of hydrogen-bond acceptors (Lipinski definition) is 6. The van der Waals surface area contributed by atoms with Crippen LogP contribution < -0.4 is 5.90 Å². The minimum Gasteiger partial charge on any atom is -0.336 e. The molecule has 0 fully saturated rings. The van der Waals surface area contributed by atoms with Gasteiger partial charge < -0.3 is 4.52 Å². The molecule has 2 aromatic heterocycles. The Labute approximate surface area is 93.5 Å². The molecule has 0 aromatic carbocycles. The van der Waals surface area contributed by atoms with Crippen molar-refractivity contribution in [2.24, 2.45) is 5.90 Å². The number of nitrogens with zero attached hydrogens (tertiary/aromatic N) is 3. The van der Waals surface area contributed by atoms with E-state index >= 15 is 0 Å². The molecule has 0 radical (unpaired) electrons. The molecule has 0 amide bonds. The lowest BCUT2D eigenvalue weighted by atomic mass is 10.3. The van der Waals surface area contributed by atoms with E-state index in [-0.39, 0.29) is 6.61 Å². The van der Waals surface area contributed by atoms with Crippen LogP contribution in [0.2, 0.25) is 0 Å². The number of hydrogen-bond donors (Lipinski definition) is 1. The highest BCUT2D eigenvalue weighted by Gasteiger charge is 2.08. The summed E-state index contributed by atoms with van der Waals surface area (Å²) < 4.78 is 5.76. The second-order valence-electron chi connectivity index (χ2n) is 2.68. The van der Waals surface area contributed by atoms with Gasteiger partial charge in [0, 0.05) is 10.7 Å². The van der Waals surface area contributed by atoms with E-state index in [1.807, 2.05) is 6.07 Å². The van der Waals surface area contributed by atoms with Crippen molar-refractivity contribution < 1.29 is 9.36 Å². The third kappa shape index (κ3) is 2.38. The average Bonchev–Trinajstić information content (AvgIpc) is 2.68. The van der Waals surface area contributed by atoms with Crippen LogP contribution >= 0.6 is 15.9 Å². The van der Waals surface area contributed by atoms with Gasteiger partial charge in [-0.3, -0.25) is 9.82 Å². The molecule has 7 heteroatoms. The molecule has 2 N–H and O–H groups in total. The second kappa shape index (κ2) is 4.47. The largest absolute Gasteiger partial charge is 0.336 e. The van der Waals surface area contributed by atoms with Gasteiger partial charge in [0.25, 0.3) is 5.89 Å². The van der Waals surface area contributed by atoms with E-state index in [0.717, 1.165) is 4.47 Å². The average molecular weight is 271 g/mol. The zero-order chi connectivity index (χ0) is 10.7. The van der Waals surface area contributed by atoms with Crippen LogP contribution in [0.15, 0.2) is 27.3 Å². The lowest BCUT2D eigenvalue weighted by Crippen LogP contribution is -1.98. The number of pyridine rings is 1. The Morgan fingerprint density at radius 1 is 1.47 bits per heavy atom. The van der Waals surface area contributed by atoms with Gasteiger partial charge in [0.1, 0.15) is 12.3 Å². The second-order valence-corrected chi connectivity index (χ2v) is 3.60. The van der Waals surface area contributed by atoms with Gasteiger partial charge in [-0.05, 0) is 28.1 Å².